The lowest BCUT2D eigenvalue weighted by atomic mass is 9.99. The number of carboxylic acid groups (broad SMARTS) is 1. The van der Waals surface area contributed by atoms with Crippen LogP contribution in [-0.2, 0) is 11.3 Å². The molecule has 1 atom stereocenters. The molecule has 2 rings (SSSR count). The van der Waals surface area contributed by atoms with Crippen molar-refractivity contribution in [1.29, 1.82) is 0 Å². The van der Waals surface area contributed by atoms with Gasteiger partial charge in [-0.3, -0.25) is 4.79 Å². The summed E-state index contributed by atoms with van der Waals surface area (Å²) in [4.78, 5) is 24.9. The Kier molecular flexibility index (Phi) is 6.46. The van der Waals surface area contributed by atoms with Gasteiger partial charge in [0, 0.05) is 19.6 Å². The molecule has 2 amide bonds. The second kappa shape index (κ2) is 8.57. The van der Waals surface area contributed by atoms with Gasteiger partial charge in [-0.2, -0.15) is 0 Å². The topological polar surface area (TPSA) is 78.9 Å². The predicted molar refractivity (Wildman–Crippen MR) is 90.9 cm³/mol. The predicted octanol–water partition coefficient (Wildman–Crippen LogP) is 2.73. The van der Waals surface area contributed by atoms with Crippen LogP contribution < -0.4 is 10.1 Å². The number of piperidine rings is 1. The molecule has 1 aliphatic heterocycles. The molecule has 0 bridgehead atoms. The maximum atomic E-state index is 12.2. The highest BCUT2D eigenvalue weighted by molar-refractivity contribution is 5.76. The van der Waals surface area contributed by atoms with Crippen LogP contribution in [0, 0.1) is 11.8 Å². The Labute approximate surface area is 142 Å². The lowest BCUT2D eigenvalue weighted by molar-refractivity contribution is -0.143. The van der Waals surface area contributed by atoms with Gasteiger partial charge in [-0.25, -0.2) is 4.79 Å². The summed E-state index contributed by atoms with van der Waals surface area (Å²) < 4.78 is 5.68. The first-order chi connectivity index (χ1) is 11.5. The molecule has 24 heavy (non-hydrogen) atoms. The van der Waals surface area contributed by atoms with Gasteiger partial charge in [-0.15, -0.1) is 0 Å². The van der Waals surface area contributed by atoms with Gasteiger partial charge in [0.1, 0.15) is 5.75 Å². The number of amides is 2. The zero-order chi connectivity index (χ0) is 17.5. The summed E-state index contributed by atoms with van der Waals surface area (Å²) in [6.07, 6.45) is 1.36. The lowest BCUT2D eigenvalue weighted by Gasteiger charge is -2.30. The smallest absolute Gasteiger partial charge is 0.317 e. The van der Waals surface area contributed by atoms with Crippen LogP contribution in [0.25, 0.3) is 0 Å². The Bertz CT molecular complexity index is 574. The van der Waals surface area contributed by atoms with E-state index in [4.69, 9.17) is 9.84 Å². The number of nitrogens with zero attached hydrogens (tertiary/aromatic N) is 1. The Morgan fingerprint density at radius 3 is 2.92 bits per heavy atom. The van der Waals surface area contributed by atoms with Gasteiger partial charge in [0.05, 0.1) is 12.5 Å². The monoisotopic (exact) mass is 334 g/mol. The van der Waals surface area contributed by atoms with Crippen LogP contribution in [-0.4, -0.2) is 41.7 Å². The molecule has 1 aromatic carbocycles. The number of ether oxygens (including phenoxy) is 1. The van der Waals surface area contributed by atoms with Crippen LogP contribution in [0.4, 0.5) is 4.79 Å². The van der Waals surface area contributed by atoms with Crippen molar-refractivity contribution in [3.63, 3.8) is 0 Å². The number of hydrogen-bond donors (Lipinski definition) is 2. The maximum Gasteiger partial charge on any atom is 0.317 e. The van der Waals surface area contributed by atoms with E-state index in [1.54, 1.807) is 4.90 Å². The van der Waals surface area contributed by atoms with Crippen molar-refractivity contribution in [2.75, 3.05) is 19.7 Å². The first kappa shape index (κ1) is 18.1. The summed E-state index contributed by atoms with van der Waals surface area (Å²) in [5, 5.41) is 12.0. The Balaban J connectivity index is 1.85. The fraction of sp³-hybridized carbons (Fsp3) is 0.556. The van der Waals surface area contributed by atoms with Crippen molar-refractivity contribution in [3.05, 3.63) is 29.8 Å². The summed E-state index contributed by atoms with van der Waals surface area (Å²) in [5.41, 5.74) is 0.955. The molecule has 132 valence electrons. The van der Waals surface area contributed by atoms with Gasteiger partial charge in [0.15, 0.2) is 0 Å². The van der Waals surface area contributed by atoms with Gasteiger partial charge >= 0.3 is 12.0 Å². The van der Waals surface area contributed by atoms with Crippen molar-refractivity contribution < 1.29 is 19.4 Å². The van der Waals surface area contributed by atoms with Crippen molar-refractivity contribution in [2.45, 2.75) is 33.2 Å². The van der Waals surface area contributed by atoms with Crippen LogP contribution in [0.15, 0.2) is 24.3 Å². The number of carboxylic acids is 1. The molecule has 1 aromatic rings. The number of urea groups is 1. The van der Waals surface area contributed by atoms with Crippen LogP contribution in [0.2, 0.25) is 0 Å². The van der Waals surface area contributed by atoms with E-state index in [0.29, 0.717) is 32.0 Å². The first-order valence-corrected chi connectivity index (χ1v) is 8.43. The number of carbonyl (C=O) groups is 2. The fourth-order valence-corrected chi connectivity index (χ4v) is 2.66. The average Bonchev–Trinajstić information content (AvgIpc) is 2.58. The third kappa shape index (κ3) is 5.44. The van der Waals surface area contributed by atoms with Crippen molar-refractivity contribution in [1.82, 2.24) is 10.2 Å². The molecule has 6 nitrogen and oxygen atoms in total. The molecular weight excluding hydrogens is 308 g/mol. The van der Waals surface area contributed by atoms with Crippen LogP contribution in [0.3, 0.4) is 0 Å². The number of likely N-dealkylation sites (tertiary alicyclic amines) is 1. The molecule has 1 fully saturated rings. The van der Waals surface area contributed by atoms with E-state index in [-0.39, 0.29) is 12.6 Å². The Morgan fingerprint density at radius 1 is 1.42 bits per heavy atom. The lowest BCUT2D eigenvalue weighted by Crippen LogP contribution is -2.46. The normalized spacial score (nSPS) is 17.6. The SMILES string of the molecule is CC(C)COc1cccc(CNC(=O)N2CCCC(C(=O)O)C2)c1. The van der Waals surface area contributed by atoms with E-state index in [0.717, 1.165) is 17.7 Å². The second-order valence-corrected chi connectivity index (χ2v) is 6.63. The molecule has 6 heteroatoms. The number of rotatable bonds is 6. The van der Waals surface area contributed by atoms with Gasteiger partial charge in [0.2, 0.25) is 0 Å². The van der Waals surface area contributed by atoms with E-state index in [9.17, 15) is 9.59 Å². The second-order valence-electron chi connectivity index (χ2n) is 6.63. The molecular formula is C18H26N2O4. The number of aliphatic carboxylic acids is 1. The summed E-state index contributed by atoms with van der Waals surface area (Å²) in [7, 11) is 0. The van der Waals surface area contributed by atoms with Gasteiger partial charge in [-0.1, -0.05) is 26.0 Å². The first-order valence-electron chi connectivity index (χ1n) is 8.43. The molecule has 0 aliphatic carbocycles. The van der Waals surface area contributed by atoms with Crippen molar-refractivity contribution >= 4 is 12.0 Å². The standard InChI is InChI=1S/C18H26N2O4/c1-13(2)12-24-16-7-3-5-14(9-16)10-19-18(23)20-8-4-6-15(11-20)17(21)22/h3,5,7,9,13,15H,4,6,8,10-12H2,1-2H3,(H,19,23)(H,21,22). The number of hydrogen-bond acceptors (Lipinski definition) is 3. The van der Waals surface area contributed by atoms with Crippen molar-refractivity contribution in [2.24, 2.45) is 11.8 Å². The summed E-state index contributed by atoms with van der Waals surface area (Å²) >= 11 is 0. The van der Waals surface area contributed by atoms with Gasteiger partial charge in [-0.05, 0) is 36.5 Å². The van der Waals surface area contributed by atoms with Crippen LogP contribution in [0.5, 0.6) is 5.75 Å². The average molecular weight is 334 g/mol. The van der Waals surface area contributed by atoms with E-state index >= 15 is 0 Å². The quantitative estimate of drug-likeness (QED) is 0.838. The molecule has 1 saturated heterocycles. The van der Waals surface area contributed by atoms with Gasteiger partial charge < -0.3 is 20.1 Å². The number of benzene rings is 1. The summed E-state index contributed by atoms with van der Waals surface area (Å²) in [6.45, 7) is 6.11. The molecule has 0 spiro atoms. The zero-order valence-electron chi connectivity index (χ0n) is 14.3. The molecule has 1 heterocycles. The van der Waals surface area contributed by atoms with Crippen molar-refractivity contribution in [3.8, 4) is 5.75 Å². The summed E-state index contributed by atoms with van der Waals surface area (Å²) in [6, 6.07) is 7.43. The molecule has 0 radical (unpaired) electrons. The number of carbonyl (C=O) groups excluding carboxylic acids is 1. The molecule has 1 aliphatic rings. The molecule has 1 unspecified atom stereocenters. The Morgan fingerprint density at radius 2 is 2.21 bits per heavy atom. The van der Waals surface area contributed by atoms with Gasteiger partial charge in [0.25, 0.3) is 0 Å². The Hall–Kier alpha value is -2.24. The highest BCUT2D eigenvalue weighted by Crippen LogP contribution is 2.17. The molecule has 0 saturated carbocycles. The van der Waals surface area contributed by atoms with E-state index in [1.807, 2.05) is 24.3 Å². The summed E-state index contributed by atoms with van der Waals surface area (Å²) in [5.74, 6) is -0.0474. The third-order valence-electron chi connectivity index (χ3n) is 3.98. The molecule has 2 N–H and O–H groups in total. The highest BCUT2D eigenvalue weighted by atomic mass is 16.5. The minimum absolute atomic E-state index is 0.213. The minimum atomic E-state index is -0.831. The fourth-order valence-electron chi connectivity index (χ4n) is 2.66. The number of nitrogens with one attached hydrogen (secondary N) is 1. The van der Waals surface area contributed by atoms with Crippen LogP contribution in [0.1, 0.15) is 32.3 Å². The van der Waals surface area contributed by atoms with Crippen LogP contribution >= 0.6 is 0 Å². The molecule has 0 aromatic heterocycles. The highest BCUT2D eigenvalue weighted by Gasteiger charge is 2.27. The largest absolute Gasteiger partial charge is 0.493 e. The van der Waals surface area contributed by atoms with E-state index < -0.39 is 11.9 Å². The van der Waals surface area contributed by atoms with E-state index in [2.05, 4.69) is 19.2 Å². The maximum absolute atomic E-state index is 12.2. The third-order valence-corrected chi connectivity index (χ3v) is 3.98. The zero-order valence-corrected chi connectivity index (χ0v) is 14.3. The minimum Gasteiger partial charge on any atom is -0.493 e. The van der Waals surface area contributed by atoms with E-state index in [1.165, 1.54) is 0 Å².